The fraction of sp³-hybridized carbons (Fsp3) is 0.550. The second-order valence-corrected chi connectivity index (χ2v) is 17.9. The molecule has 3 N–H and O–H groups in total. The van der Waals surface area contributed by atoms with Crippen LogP contribution in [0.4, 0.5) is 13.2 Å². The molecule has 3 unspecified atom stereocenters. The van der Waals surface area contributed by atoms with Crippen LogP contribution in [0, 0.1) is 5.41 Å². The van der Waals surface area contributed by atoms with Crippen LogP contribution in [0.1, 0.15) is 38.2 Å². The first-order valence-electron chi connectivity index (χ1n) is 9.52. The summed E-state index contributed by atoms with van der Waals surface area (Å²) in [6.45, 7) is 2.15. The van der Waals surface area contributed by atoms with Crippen LogP contribution in [0.15, 0.2) is 36.0 Å². The Kier molecular flexibility index (Phi) is 6.17. The number of rotatable bonds is 5. The van der Waals surface area contributed by atoms with E-state index in [-0.39, 0.29) is 15.5 Å². The van der Waals surface area contributed by atoms with Gasteiger partial charge in [-0.3, -0.25) is 0 Å². The summed E-state index contributed by atoms with van der Waals surface area (Å²) < 4.78 is 63.9. The Bertz CT molecular complexity index is 867. The molecule has 3 atom stereocenters. The Morgan fingerprint density at radius 1 is 1.41 bits per heavy atom. The van der Waals surface area contributed by atoms with Gasteiger partial charge >= 0.3 is 172 Å². The van der Waals surface area contributed by atoms with Crippen LogP contribution in [-0.4, -0.2) is 43.5 Å². The van der Waals surface area contributed by atoms with E-state index in [1.54, 1.807) is 4.87 Å². The Balaban J connectivity index is 1.82. The maximum absolute atomic E-state index is 13.9. The predicted octanol–water partition coefficient (Wildman–Crippen LogP) is 3.86. The van der Waals surface area contributed by atoms with Crippen molar-refractivity contribution in [3.8, 4) is 0 Å². The van der Waals surface area contributed by atoms with Crippen LogP contribution in [-0.2, 0) is 18.7 Å². The van der Waals surface area contributed by atoms with Gasteiger partial charge in [-0.05, 0) is 0 Å². The average molecular weight is 521 g/mol. The summed E-state index contributed by atoms with van der Waals surface area (Å²) in [6, 6.07) is 4.85. The molecule has 2 aliphatic rings. The van der Waals surface area contributed by atoms with Gasteiger partial charge in [-0.25, -0.2) is 0 Å². The number of nitrogens with one attached hydrogen (secondary N) is 1. The summed E-state index contributed by atoms with van der Waals surface area (Å²) in [5.41, 5.74) is 5.64. The SMILES string of the molecule is C[C]1([Sb]([CH3])(=[O])[c]2cccc(C(F)(F)F)c2)CCOC(/C(N)=C/C(=N)OC2CC2)C1. The van der Waals surface area contributed by atoms with E-state index in [1.165, 1.54) is 18.2 Å². The molecule has 9 heteroatoms. The monoisotopic (exact) mass is 520 g/mol. The fourth-order valence-electron chi connectivity index (χ4n) is 3.49. The molecule has 3 rings (SSSR count). The van der Waals surface area contributed by atoms with Crippen molar-refractivity contribution >= 4 is 28.2 Å². The van der Waals surface area contributed by atoms with Gasteiger partial charge in [0.25, 0.3) is 0 Å². The first-order valence-corrected chi connectivity index (χ1v) is 15.7. The van der Waals surface area contributed by atoms with E-state index >= 15 is 0 Å². The molecule has 0 bridgehead atoms. The molecule has 0 spiro atoms. The Labute approximate surface area is 172 Å². The second kappa shape index (κ2) is 8.03. The summed E-state index contributed by atoms with van der Waals surface area (Å²) in [6.07, 6.45) is -0.889. The molecule has 1 aromatic rings. The number of alkyl halides is 3. The van der Waals surface area contributed by atoms with Crippen LogP contribution in [0.5, 0.6) is 0 Å². The third-order valence-corrected chi connectivity index (χ3v) is 16.4. The zero-order chi connectivity index (χ0) is 21.4. The molecule has 1 saturated heterocycles. The van der Waals surface area contributed by atoms with E-state index < -0.39 is 40.0 Å². The van der Waals surface area contributed by atoms with Crippen molar-refractivity contribution in [1.82, 2.24) is 0 Å². The van der Waals surface area contributed by atoms with E-state index in [4.69, 9.17) is 20.6 Å². The Morgan fingerprint density at radius 3 is 2.72 bits per heavy atom. The van der Waals surface area contributed by atoms with Gasteiger partial charge in [0.15, 0.2) is 0 Å². The minimum atomic E-state index is -4.48. The van der Waals surface area contributed by atoms with Gasteiger partial charge in [0.2, 0.25) is 0 Å². The Hall–Kier alpha value is -1.40. The molecule has 2 fully saturated rings. The molecule has 29 heavy (non-hydrogen) atoms. The number of nitrogens with two attached hydrogens (primary N) is 1. The summed E-state index contributed by atoms with van der Waals surface area (Å²) in [5, 5.41) is 7.86. The quantitative estimate of drug-likeness (QED) is 0.351. The van der Waals surface area contributed by atoms with Crippen molar-refractivity contribution < 1.29 is 25.7 Å². The summed E-state index contributed by atoms with van der Waals surface area (Å²) in [7, 11) is 0. The third kappa shape index (κ3) is 5.02. The van der Waals surface area contributed by atoms with E-state index in [0.29, 0.717) is 25.1 Å². The molecule has 1 aliphatic carbocycles. The van der Waals surface area contributed by atoms with Crippen LogP contribution >= 0.6 is 0 Å². The normalized spacial score (nSPS) is 27.9. The van der Waals surface area contributed by atoms with Gasteiger partial charge in [0.1, 0.15) is 0 Å². The molecular weight excluding hydrogens is 495 g/mol. The van der Waals surface area contributed by atoms with Gasteiger partial charge in [-0.2, -0.15) is 0 Å². The summed E-state index contributed by atoms with van der Waals surface area (Å²) in [5.74, 6) is -0.0359. The number of halogens is 3. The van der Waals surface area contributed by atoms with Crippen molar-refractivity contribution in [2.75, 3.05) is 6.61 Å². The van der Waals surface area contributed by atoms with Crippen LogP contribution in [0.2, 0.25) is 8.23 Å². The molecule has 160 valence electrons. The van der Waals surface area contributed by atoms with Crippen LogP contribution < -0.4 is 9.24 Å². The third-order valence-electron chi connectivity index (χ3n) is 5.77. The number of hydrogen-bond donors (Lipinski definition) is 2. The number of hydrogen-bond acceptors (Lipinski definition) is 5. The molecule has 1 aromatic carbocycles. The molecule has 1 aliphatic heterocycles. The second-order valence-electron chi connectivity index (χ2n) is 8.11. The standard InChI is InChI=1S/C12H19N2O2.C7H4F3.CH3.O.Sb/c1-8-4-5-15-11(6-8)10(13)7-12(14)16-9-2-3-9;8-7(9,10)6-4-2-1-3-5-6;;;/h7,9,11,14H,2-6,13H2,1H3;1-2,4-5H;1H3;;/b10-7-,14-12?;;;;. The zero-order valence-corrected chi connectivity index (χ0v) is 19.0. The fourth-order valence-corrected chi connectivity index (χ4v) is 10.4. The minimum absolute atomic E-state index is 0.0359. The topological polar surface area (TPSA) is 85.4 Å². The van der Waals surface area contributed by atoms with Gasteiger partial charge in [0, 0.05) is 0 Å². The molecule has 5 nitrogen and oxygen atoms in total. The van der Waals surface area contributed by atoms with Crippen molar-refractivity contribution in [3.05, 3.63) is 41.6 Å². The van der Waals surface area contributed by atoms with E-state index in [0.717, 1.165) is 25.0 Å². The summed E-state index contributed by atoms with van der Waals surface area (Å²) >= 11 is -4.33. The van der Waals surface area contributed by atoms with E-state index in [1.807, 2.05) is 6.92 Å². The number of benzene rings is 1. The summed E-state index contributed by atoms with van der Waals surface area (Å²) in [4.78, 5) is 1.62. The predicted molar refractivity (Wildman–Crippen MR) is 105 cm³/mol. The van der Waals surface area contributed by atoms with Gasteiger partial charge < -0.3 is 0 Å². The van der Waals surface area contributed by atoms with Crippen molar-refractivity contribution in [1.29, 1.82) is 5.41 Å². The number of ether oxygens (including phenoxy) is 2. The first kappa shape index (κ1) is 22.3. The molecule has 1 heterocycles. The molecule has 1 saturated carbocycles. The van der Waals surface area contributed by atoms with Gasteiger partial charge in [-0.15, -0.1) is 0 Å². The van der Waals surface area contributed by atoms with E-state index in [2.05, 4.69) is 0 Å². The van der Waals surface area contributed by atoms with Crippen molar-refractivity contribution in [2.45, 2.75) is 59.2 Å². The first-order chi connectivity index (χ1) is 13.4. The van der Waals surface area contributed by atoms with Crippen LogP contribution in [0.25, 0.3) is 0 Å². The van der Waals surface area contributed by atoms with Gasteiger partial charge in [0.05, 0.1) is 0 Å². The molecule has 0 radical (unpaired) electrons. The van der Waals surface area contributed by atoms with Crippen molar-refractivity contribution in [3.63, 3.8) is 0 Å². The zero-order valence-electron chi connectivity index (χ0n) is 16.5. The van der Waals surface area contributed by atoms with E-state index in [9.17, 15) is 16.2 Å². The average Bonchev–Trinajstić information content (AvgIpc) is 3.44. The molecular formula is C20H26F3N2O3Sb. The maximum atomic E-state index is 13.9. The molecule has 0 amide bonds. The van der Waals surface area contributed by atoms with Crippen LogP contribution in [0.3, 0.4) is 0 Å². The molecule has 0 aromatic heterocycles. The van der Waals surface area contributed by atoms with Crippen molar-refractivity contribution in [2.24, 2.45) is 5.73 Å². The van der Waals surface area contributed by atoms with Gasteiger partial charge in [-0.1, -0.05) is 0 Å². The Morgan fingerprint density at radius 2 is 2.10 bits per heavy atom.